The summed E-state index contributed by atoms with van der Waals surface area (Å²) >= 11 is 6.53. The summed E-state index contributed by atoms with van der Waals surface area (Å²) in [6.45, 7) is 4.45. The van der Waals surface area contributed by atoms with Gasteiger partial charge in [0.25, 0.3) is 11.8 Å². The Morgan fingerprint density at radius 1 is 1.07 bits per heavy atom. The highest BCUT2D eigenvalue weighted by Crippen LogP contribution is 2.39. The summed E-state index contributed by atoms with van der Waals surface area (Å²) in [4.78, 5) is 44.0. The third kappa shape index (κ3) is 7.39. The van der Waals surface area contributed by atoms with Gasteiger partial charge in [0, 0.05) is 50.7 Å². The molecule has 3 aromatic rings. The van der Waals surface area contributed by atoms with Gasteiger partial charge in [0.1, 0.15) is 12.1 Å². The number of nitrogens with one attached hydrogen (secondary N) is 4. The molecule has 2 aliphatic rings. The van der Waals surface area contributed by atoms with Gasteiger partial charge in [0.05, 0.1) is 22.0 Å². The van der Waals surface area contributed by atoms with E-state index in [4.69, 9.17) is 16.0 Å². The van der Waals surface area contributed by atoms with Gasteiger partial charge in [-0.1, -0.05) is 17.7 Å². The van der Waals surface area contributed by atoms with Crippen LogP contribution in [0.3, 0.4) is 0 Å². The molecule has 1 aromatic heterocycles. The molecule has 0 spiro atoms. The predicted octanol–water partition coefficient (Wildman–Crippen LogP) is 5.17. The first kappa shape index (κ1) is 29.4. The molecule has 1 aliphatic carbocycles. The van der Waals surface area contributed by atoms with Crippen LogP contribution in [0.25, 0.3) is 0 Å². The predicted molar refractivity (Wildman–Crippen MR) is 159 cm³/mol. The molecule has 10 nitrogen and oxygen atoms in total. The van der Waals surface area contributed by atoms with E-state index in [2.05, 4.69) is 26.3 Å². The summed E-state index contributed by atoms with van der Waals surface area (Å²) < 4.78 is 19.1. The third-order valence-corrected chi connectivity index (χ3v) is 7.61. The fraction of sp³-hybridized carbons (Fsp3) is 0.400. The van der Waals surface area contributed by atoms with Gasteiger partial charge in [-0.2, -0.15) is 0 Å². The van der Waals surface area contributed by atoms with E-state index in [0.717, 1.165) is 31.4 Å². The molecule has 12 heteroatoms. The number of oxazole rings is 1. The average molecular weight is 597 g/mol. The Hall–Kier alpha value is -4.12. The number of aromatic nitrogens is 1. The quantitative estimate of drug-likeness (QED) is 0.200. The topological polar surface area (TPSA) is 129 Å². The monoisotopic (exact) mass is 596 g/mol. The number of halogens is 2. The van der Waals surface area contributed by atoms with Crippen molar-refractivity contribution >= 4 is 46.4 Å². The van der Waals surface area contributed by atoms with Gasteiger partial charge in [-0.25, -0.2) is 9.37 Å². The molecule has 0 unspecified atom stereocenters. The first-order valence-corrected chi connectivity index (χ1v) is 14.6. The summed E-state index contributed by atoms with van der Waals surface area (Å²) in [6.07, 6.45) is 5.37. The van der Waals surface area contributed by atoms with Gasteiger partial charge in [0.15, 0.2) is 11.6 Å². The minimum atomic E-state index is -0.480. The standard InChI is InChI=1S/C30H34ClFN6O4/c1-18-5-8-20(32)14-23(18)33-10-11-34-24-16-22(31)21(28(40)35-9-3-13-38-12-2-4-27(38)39)15-25(24)36-29(41)26-17-42-30(37-26)19-6-7-19/h5,8,14-17,19,33-34H,2-4,6-7,9-13H2,1H3,(H,35,40)(H,36,41). The van der Waals surface area contributed by atoms with E-state index in [-0.39, 0.29) is 33.9 Å². The fourth-order valence-electron chi connectivity index (χ4n) is 4.78. The number of amides is 3. The summed E-state index contributed by atoms with van der Waals surface area (Å²) in [5.74, 6) is -0.257. The number of anilines is 3. The second-order valence-electron chi connectivity index (χ2n) is 10.6. The van der Waals surface area contributed by atoms with Crippen molar-refractivity contribution in [3.63, 3.8) is 0 Å². The number of carbonyl (C=O) groups is 3. The molecule has 222 valence electrons. The minimum Gasteiger partial charge on any atom is -0.448 e. The molecule has 2 aromatic carbocycles. The van der Waals surface area contributed by atoms with Gasteiger partial charge in [-0.05, 0) is 62.4 Å². The van der Waals surface area contributed by atoms with Crippen LogP contribution in [0.4, 0.5) is 21.5 Å². The van der Waals surface area contributed by atoms with Crippen LogP contribution in [0.15, 0.2) is 41.0 Å². The lowest BCUT2D eigenvalue weighted by Crippen LogP contribution is -2.30. The molecule has 3 amide bonds. The van der Waals surface area contributed by atoms with Crippen molar-refractivity contribution in [2.24, 2.45) is 0 Å². The molecule has 42 heavy (non-hydrogen) atoms. The van der Waals surface area contributed by atoms with Crippen LogP contribution in [0.2, 0.25) is 5.02 Å². The zero-order valence-electron chi connectivity index (χ0n) is 23.4. The molecule has 1 saturated heterocycles. The lowest BCUT2D eigenvalue weighted by Gasteiger charge is -2.17. The first-order valence-electron chi connectivity index (χ1n) is 14.2. The van der Waals surface area contributed by atoms with Crippen molar-refractivity contribution in [1.82, 2.24) is 15.2 Å². The molecule has 2 fully saturated rings. The molecule has 0 radical (unpaired) electrons. The van der Waals surface area contributed by atoms with Crippen molar-refractivity contribution in [2.75, 3.05) is 48.7 Å². The number of rotatable bonds is 13. The van der Waals surface area contributed by atoms with Crippen LogP contribution in [0, 0.1) is 12.7 Å². The Morgan fingerprint density at radius 2 is 1.86 bits per heavy atom. The Balaban J connectivity index is 1.26. The van der Waals surface area contributed by atoms with Crippen molar-refractivity contribution in [1.29, 1.82) is 0 Å². The fourth-order valence-corrected chi connectivity index (χ4v) is 5.03. The second kappa shape index (κ2) is 13.2. The number of likely N-dealkylation sites (tertiary alicyclic amines) is 1. The maximum atomic E-state index is 13.6. The van der Waals surface area contributed by atoms with Crippen molar-refractivity contribution in [3.8, 4) is 0 Å². The van der Waals surface area contributed by atoms with E-state index in [1.807, 2.05) is 6.92 Å². The third-order valence-electron chi connectivity index (χ3n) is 7.30. The molecule has 0 atom stereocenters. The number of benzene rings is 2. The number of hydrogen-bond donors (Lipinski definition) is 4. The summed E-state index contributed by atoms with van der Waals surface area (Å²) in [5.41, 5.74) is 2.77. The smallest absolute Gasteiger partial charge is 0.277 e. The number of hydrogen-bond acceptors (Lipinski definition) is 7. The minimum absolute atomic E-state index is 0.142. The Bertz CT molecular complexity index is 1470. The Morgan fingerprint density at radius 3 is 2.60 bits per heavy atom. The van der Waals surface area contributed by atoms with E-state index in [9.17, 15) is 18.8 Å². The van der Waals surface area contributed by atoms with Crippen LogP contribution in [-0.4, -0.2) is 60.3 Å². The highest BCUT2D eigenvalue weighted by Gasteiger charge is 2.29. The van der Waals surface area contributed by atoms with Gasteiger partial charge in [-0.15, -0.1) is 0 Å². The highest BCUT2D eigenvalue weighted by atomic mass is 35.5. The highest BCUT2D eigenvalue weighted by molar-refractivity contribution is 6.34. The zero-order chi connectivity index (χ0) is 29.6. The van der Waals surface area contributed by atoms with E-state index >= 15 is 0 Å². The molecule has 5 rings (SSSR count). The molecule has 1 aliphatic heterocycles. The molecular formula is C30H34ClFN6O4. The Labute approximate surface area is 248 Å². The maximum absolute atomic E-state index is 13.6. The lowest BCUT2D eigenvalue weighted by molar-refractivity contribution is -0.127. The van der Waals surface area contributed by atoms with Crippen LogP contribution in [-0.2, 0) is 4.79 Å². The maximum Gasteiger partial charge on any atom is 0.277 e. The van der Waals surface area contributed by atoms with Gasteiger partial charge in [-0.3, -0.25) is 14.4 Å². The number of nitrogens with zero attached hydrogens (tertiary/aromatic N) is 2. The summed E-state index contributed by atoms with van der Waals surface area (Å²) in [5, 5.41) is 12.3. The first-order chi connectivity index (χ1) is 20.3. The molecule has 2 heterocycles. The normalized spacial score (nSPS) is 14.6. The SMILES string of the molecule is Cc1ccc(F)cc1NCCNc1cc(Cl)c(C(=O)NCCCN2CCCC2=O)cc1NC(=O)c1coc(C2CC2)n1. The summed E-state index contributed by atoms with van der Waals surface area (Å²) in [6, 6.07) is 7.65. The van der Waals surface area contributed by atoms with Crippen molar-refractivity contribution in [3.05, 3.63) is 70.1 Å². The van der Waals surface area contributed by atoms with Gasteiger partial charge >= 0.3 is 0 Å². The molecule has 4 N–H and O–H groups in total. The van der Waals surface area contributed by atoms with Gasteiger partial charge < -0.3 is 30.6 Å². The van der Waals surface area contributed by atoms with Crippen LogP contribution < -0.4 is 21.3 Å². The average Bonchev–Trinajstić information content (AvgIpc) is 3.55. The van der Waals surface area contributed by atoms with Crippen LogP contribution in [0.5, 0.6) is 0 Å². The van der Waals surface area contributed by atoms with Crippen molar-refractivity contribution < 1.29 is 23.2 Å². The zero-order valence-corrected chi connectivity index (χ0v) is 24.2. The second-order valence-corrected chi connectivity index (χ2v) is 11.0. The molecule has 1 saturated carbocycles. The van der Waals surface area contributed by atoms with Crippen molar-refractivity contribution in [2.45, 2.75) is 44.9 Å². The van der Waals surface area contributed by atoms with E-state index in [1.54, 1.807) is 17.0 Å². The van der Waals surface area contributed by atoms with E-state index in [0.29, 0.717) is 62.0 Å². The van der Waals surface area contributed by atoms with E-state index < -0.39 is 11.8 Å². The van der Waals surface area contributed by atoms with Crippen LogP contribution >= 0.6 is 11.6 Å². The number of aryl methyl sites for hydroxylation is 1. The summed E-state index contributed by atoms with van der Waals surface area (Å²) in [7, 11) is 0. The van der Waals surface area contributed by atoms with E-state index in [1.165, 1.54) is 24.5 Å². The lowest BCUT2D eigenvalue weighted by atomic mass is 10.1. The number of carbonyl (C=O) groups excluding carboxylic acids is 3. The largest absolute Gasteiger partial charge is 0.448 e. The van der Waals surface area contributed by atoms with Crippen LogP contribution in [0.1, 0.15) is 70.3 Å². The Kier molecular flexibility index (Phi) is 9.26. The molecular weight excluding hydrogens is 563 g/mol. The molecule has 0 bridgehead atoms. The van der Waals surface area contributed by atoms with Gasteiger partial charge in [0.2, 0.25) is 5.91 Å².